The van der Waals surface area contributed by atoms with Crippen molar-refractivity contribution in [2.24, 2.45) is 0 Å². The van der Waals surface area contributed by atoms with Gasteiger partial charge in [0.1, 0.15) is 0 Å². The largest absolute Gasteiger partial charge is 2.00 e. The second-order valence-electron chi connectivity index (χ2n) is 0.976. The van der Waals surface area contributed by atoms with Gasteiger partial charge in [0.05, 0.1) is 15.6 Å². The zero-order valence-electron chi connectivity index (χ0n) is 6.25. The van der Waals surface area contributed by atoms with E-state index in [1.54, 1.807) is 0 Å². The third-order valence-corrected chi connectivity index (χ3v) is 1.80. The molecule has 0 aliphatic heterocycles. The van der Waals surface area contributed by atoms with Crippen molar-refractivity contribution in [3.63, 3.8) is 0 Å². The van der Waals surface area contributed by atoms with Gasteiger partial charge in [-0.05, 0) is 0 Å². The number of hydrogen-bond donors (Lipinski definition) is 0. The Morgan fingerprint density at radius 1 is 0.867 bits per heavy atom. The van der Waals surface area contributed by atoms with Crippen LogP contribution in [0.2, 0.25) is 0 Å². The van der Waals surface area contributed by atoms with Crippen LogP contribution in [0.5, 0.6) is 0 Å². The van der Waals surface area contributed by atoms with Crippen LogP contribution < -0.4 is 19.6 Å². The van der Waals surface area contributed by atoms with Crippen LogP contribution in [-0.4, -0.2) is 0 Å². The third kappa shape index (κ3) is 54.6. The molecular weight excluding hydrogens is 353 g/mol. The minimum atomic E-state index is -5.68. The fourth-order valence-corrected chi connectivity index (χ4v) is 1.10. The molecular formula is C2Cu2N2O7P2-4. The maximum atomic E-state index is 9.32. The Hall–Kier alpha value is 0.279. The van der Waals surface area contributed by atoms with Crippen LogP contribution in [0.25, 0.3) is 0 Å². The van der Waals surface area contributed by atoms with Gasteiger partial charge in [-0.3, -0.25) is 0 Å². The quantitative estimate of drug-likeness (QED) is 0.281. The van der Waals surface area contributed by atoms with E-state index in [0.717, 1.165) is 0 Å². The van der Waals surface area contributed by atoms with Crippen LogP contribution >= 0.6 is 15.6 Å². The van der Waals surface area contributed by atoms with Gasteiger partial charge in [-0.25, -0.2) is 0 Å². The first kappa shape index (κ1) is 29.5. The zero-order valence-corrected chi connectivity index (χ0v) is 9.92. The van der Waals surface area contributed by atoms with Gasteiger partial charge in [0.2, 0.25) is 0 Å². The van der Waals surface area contributed by atoms with E-state index < -0.39 is 15.6 Å². The zero-order chi connectivity index (χ0) is 11.7. The average molecular weight is 353 g/mol. The Morgan fingerprint density at radius 2 is 1.00 bits per heavy atom. The van der Waals surface area contributed by atoms with E-state index in [1.807, 2.05) is 0 Å². The summed E-state index contributed by atoms with van der Waals surface area (Å²) in [4.78, 5) is 37.3. The normalized spacial score (nSPS) is 8.53. The molecule has 96 valence electrons. The molecule has 0 aliphatic rings. The molecule has 0 saturated heterocycles. The molecule has 15 heavy (non-hydrogen) atoms. The Kier molecular flexibility index (Phi) is 28.1. The van der Waals surface area contributed by atoms with Gasteiger partial charge in [-0.15, -0.1) is 0 Å². The molecule has 0 N–H and O–H groups in total. The monoisotopic (exact) mass is 352 g/mol. The summed E-state index contributed by atoms with van der Waals surface area (Å²) in [6.45, 7) is 9.50. The van der Waals surface area contributed by atoms with Crippen LogP contribution in [0.1, 0.15) is 0 Å². The maximum Gasteiger partial charge on any atom is 2.00 e. The minimum Gasteiger partial charge on any atom is -0.790 e. The number of rotatable bonds is 2. The second-order valence-corrected chi connectivity index (χ2v) is 3.42. The Balaban J connectivity index is -0.0000000496. The van der Waals surface area contributed by atoms with Crippen LogP contribution in [0, 0.1) is 23.7 Å². The summed E-state index contributed by atoms with van der Waals surface area (Å²) in [6.07, 6.45) is 0. The van der Waals surface area contributed by atoms with E-state index in [4.69, 9.17) is 23.7 Å². The van der Waals surface area contributed by atoms with Crippen molar-refractivity contribution in [3.05, 3.63) is 13.1 Å². The molecule has 0 aliphatic carbocycles. The molecule has 0 unspecified atom stereocenters. The summed E-state index contributed by atoms with van der Waals surface area (Å²) in [5.74, 6) is 0. The summed E-state index contributed by atoms with van der Waals surface area (Å²) in [5, 5.41) is 12.5. The molecule has 0 bridgehead atoms. The molecule has 2 radical (unpaired) electrons. The van der Waals surface area contributed by atoms with Crippen LogP contribution in [0.15, 0.2) is 0 Å². The molecule has 0 fully saturated rings. The van der Waals surface area contributed by atoms with E-state index in [9.17, 15) is 28.7 Å². The fraction of sp³-hybridized carbons (Fsp3) is 0. The SMILES string of the molecule is O=P([O-])([O-])OP(=O)([O-])[O-].[C-]#N.[C-]#N.[Cu+2].[Cu]. The smallest absolute Gasteiger partial charge is 0.790 e. The number of phosphoric acid groups is 2. The molecule has 0 saturated carbocycles. The molecule has 0 aromatic rings. The summed E-state index contributed by atoms with van der Waals surface area (Å²) < 4.78 is 21.2. The van der Waals surface area contributed by atoms with Gasteiger partial charge >= 0.3 is 17.1 Å². The van der Waals surface area contributed by atoms with E-state index in [2.05, 4.69) is 4.31 Å². The van der Waals surface area contributed by atoms with Crippen molar-refractivity contribution in [1.29, 1.82) is 10.5 Å². The number of nitrogens with zero attached hydrogens (tertiary/aromatic N) is 2. The predicted molar refractivity (Wildman–Crippen MR) is 26.2 cm³/mol. The van der Waals surface area contributed by atoms with Crippen LogP contribution in [-0.2, 0) is 47.6 Å². The standard InChI is InChI=1S/2CN.2Cu.H4O7P2/c2*1-2;;;1-8(2,3)7-9(4,5)6/h;;;;(H2,1,2,3)(H2,4,5,6)/q2*-1;;+2;/p-4. The first-order valence-electron chi connectivity index (χ1n) is 1.91. The van der Waals surface area contributed by atoms with Gasteiger partial charge in [-0.2, -0.15) is 0 Å². The summed E-state index contributed by atoms with van der Waals surface area (Å²) in [6, 6.07) is 0. The fourth-order valence-electron chi connectivity index (χ4n) is 0.122. The van der Waals surface area contributed by atoms with Gasteiger partial charge in [0.25, 0.3) is 0 Å². The Bertz CT molecular complexity index is 228. The van der Waals surface area contributed by atoms with Gasteiger partial charge in [0, 0.05) is 17.1 Å². The van der Waals surface area contributed by atoms with E-state index in [1.165, 1.54) is 0 Å². The molecule has 13 heteroatoms. The predicted octanol–water partition coefficient (Wildman–Crippen LogP) is -3.15. The molecule has 0 heterocycles. The molecule has 9 nitrogen and oxygen atoms in total. The molecule has 0 amide bonds. The van der Waals surface area contributed by atoms with Crippen molar-refractivity contribution < 1.29 is 67.2 Å². The average Bonchev–Trinajstić information content (AvgIpc) is 1.88. The molecule has 0 atom stereocenters. The first-order chi connectivity index (χ1) is 5.71. The summed E-state index contributed by atoms with van der Waals surface area (Å²) in [5.41, 5.74) is 0. The van der Waals surface area contributed by atoms with E-state index in [-0.39, 0.29) is 34.1 Å². The van der Waals surface area contributed by atoms with Crippen molar-refractivity contribution in [2.75, 3.05) is 0 Å². The van der Waals surface area contributed by atoms with Crippen molar-refractivity contribution in [2.45, 2.75) is 0 Å². The van der Waals surface area contributed by atoms with Crippen molar-refractivity contribution >= 4 is 15.6 Å². The molecule has 0 aromatic heterocycles. The first-order valence-corrected chi connectivity index (χ1v) is 4.83. The van der Waals surface area contributed by atoms with Gasteiger partial charge in [-0.1, -0.05) is 0 Å². The number of hydrogen-bond acceptors (Lipinski definition) is 9. The minimum absolute atomic E-state index is 0. The molecule has 0 aromatic carbocycles. The Labute approximate surface area is 106 Å². The topological polar surface area (TPSA) is 183 Å². The van der Waals surface area contributed by atoms with Gasteiger partial charge < -0.3 is 56.7 Å². The van der Waals surface area contributed by atoms with E-state index in [0.29, 0.717) is 0 Å². The second kappa shape index (κ2) is 14.3. The van der Waals surface area contributed by atoms with Gasteiger partial charge in [0.15, 0.2) is 0 Å². The van der Waals surface area contributed by atoms with Crippen molar-refractivity contribution in [3.8, 4) is 0 Å². The third-order valence-electron chi connectivity index (χ3n) is 0.200. The molecule has 0 spiro atoms. The summed E-state index contributed by atoms with van der Waals surface area (Å²) >= 11 is 0. The van der Waals surface area contributed by atoms with Crippen LogP contribution in [0.3, 0.4) is 0 Å². The van der Waals surface area contributed by atoms with Crippen molar-refractivity contribution in [1.82, 2.24) is 0 Å². The van der Waals surface area contributed by atoms with Crippen LogP contribution in [0.4, 0.5) is 0 Å². The van der Waals surface area contributed by atoms with E-state index >= 15 is 0 Å². The maximum absolute atomic E-state index is 9.32. The summed E-state index contributed by atoms with van der Waals surface area (Å²) in [7, 11) is -11.4. The molecule has 0 rings (SSSR count). The Morgan fingerprint density at radius 3 is 1.00 bits per heavy atom.